The molecule has 2 aromatic carbocycles. The molecule has 2 N–H and O–H groups in total. The molecular weight excluding hydrogens is 249 g/mol. The molecule has 0 aliphatic rings. The number of hydrogen-bond donors (Lipinski definition) is 2. The monoisotopic (exact) mass is 259 g/mol. The number of aromatic hydroxyl groups is 1. The molecule has 0 bridgehead atoms. The van der Waals surface area contributed by atoms with Gasteiger partial charge in [-0.1, -0.05) is 12.1 Å². The van der Waals surface area contributed by atoms with Gasteiger partial charge in [0.05, 0.1) is 5.69 Å². The Morgan fingerprint density at radius 1 is 1.16 bits per heavy atom. The van der Waals surface area contributed by atoms with Crippen LogP contribution in [0.25, 0.3) is 0 Å². The van der Waals surface area contributed by atoms with Crippen molar-refractivity contribution in [2.24, 2.45) is 4.99 Å². The summed E-state index contributed by atoms with van der Waals surface area (Å²) in [5.41, 5.74) is 0.861. The van der Waals surface area contributed by atoms with Crippen LogP contribution < -0.4 is 0 Å². The largest absolute Gasteiger partial charge is 0.507 e. The fourth-order valence-electron chi connectivity index (χ4n) is 1.47. The number of aliphatic imine (C=N–C) groups is 1. The highest BCUT2D eigenvalue weighted by molar-refractivity contribution is 5.92. The molecule has 0 aliphatic heterocycles. The van der Waals surface area contributed by atoms with Gasteiger partial charge >= 0.3 is 5.97 Å². The molecule has 0 fully saturated rings. The number of carboxylic acid groups (broad SMARTS) is 1. The van der Waals surface area contributed by atoms with E-state index in [0.717, 1.165) is 0 Å². The molecule has 2 aromatic rings. The van der Waals surface area contributed by atoms with Crippen LogP contribution in [-0.2, 0) is 0 Å². The number of nitrogens with zero attached hydrogens (tertiary/aromatic N) is 1. The van der Waals surface area contributed by atoms with Crippen LogP contribution in [-0.4, -0.2) is 22.4 Å². The zero-order valence-electron chi connectivity index (χ0n) is 9.75. The normalized spacial score (nSPS) is 10.8. The van der Waals surface area contributed by atoms with Gasteiger partial charge in [0.2, 0.25) is 0 Å². The molecule has 0 atom stereocenters. The van der Waals surface area contributed by atoms with Crippen LogP contribution in [0.3, 0.4) is 0 Å². The zero-order chi connectivity index (χ0) is 13.8. The predicted molar refractivity (Wildman–Crippen MR) is 68.7 cm³/mol. The molecule has 2 rings (SSSR count). The summed E-state index contributed by atoms with van der Waals surface area (Å²) in [6, 6.07) is 9.73. The average molecular weight is 259 g/mol. The van der Waals surface area contributed by atoms with Gasteiger partial charge in [-0.15, -0.1) is 0 Å². The molecule has 0 radical (unpaired) electrons. The maximum absolute atomic E-state index is 12.7. The minimum absolute atomic E-state index is 0.214. The number of carbonyl (C=O) groups is 1. The second kappa shape index (κ2) is 5.30. The van der Waals surface area contributed by atoms with Crippen LogP contribution >= 0.6 is 0 Å². The Bertz CT molecular complexity index is 636. The lowest BCUT2D eigenvalue weighted by Gasteiger charge is -2.00. The summed E-state index contributed by atoms with van der Waals surface area (Å²) in [5, 5.41) is 18.2. The summed E-state index contributed by atoms with van der Waals surface area (Å²) in [6.07, 6.45) is 1.48. The second-order valence-electron chi connectivity index (χ2n) is 3.82. The summed E-state index contributed by atoms with van der Waals surface area (Å²) >= 11 is 0. The lowest BCUT2D eigenvalue weighted by Crippen LogP contribution is -1.95. The van der Waals surface area contributed by atoms with Crippen molar-refractivity contribution in [1.82, 2.24) is 0 Å². The van der Waals surface area contributed by atoms with Crippen LogP contribution in [0.5, 0.6) is 5.75 Å². The lowest BCUT2D eigenvalue weighted by molar-refractivity contribution is 0.0694. The number of hydrogen-bond acceptors (Lipinski definition) is 3. The van der Waals surface area contributed by atoms with Crippen molar-refractivity contribution in [2.75, 3.05) is 0 Å². The fourth-order valence-corrected chi connectivity index (χ4v) is 1.47. The molecule has 0 aliphatic carbocycles. The molecule has 0 amide bonds. The van der Waals surface area contributed by atoms with E-state index >= 15 is 0 Å². The molecule has 4 nitrogen and oxygen atoms in total. The molecule has 0 saturated heterocycles. The van der Waals surface area contributed by atoms with Crippen LogP contribution in [0.15, 0.2) is 47.5 Å². The van der Waals surface area contributed by atoms with E-state index in [1.807, 2.05) is 0 Å². The van der Waals surface area contributed by atoms with Crippen molar-refractivity contribution >= 4 is 17.9 Å². The summed E-state index contributed by atoms with van der Waals surface area (Å²) < 4.78 is 12.7. The van der Waals surface area contributed by atoms with Crippen LogP contribution in [0, 0.1) is 5.82 Å². The van der Waals surface area contributed by atoms with Crippen LogP contribution in [0.1, 0.15) is 15.9 Å². The van der Waals surface area contributed by atoms with Crippen molar-refractivity contribution in [1.29, 1.82) is 0 Å². The third kappa shape index (κ3) is 3.16. The van der Waals surface area contributed by atoms with Crippen molar-refractivity contribution < 1.29 is 19.4 Å². The molecule has 0 heterocycles. The standard InChI is InChI=1S/C14H10FNO3/c15-10-3-1-9(2-4-10)8-16-11-5-6-13(17)12(7-11)14(18)19/h1-8,17H,(H,18,19). The first-order valence-corrected chi connectivity index (χ1v) is 5.42. The first kappa shape index (κ1) is 12.8. The van der Waals surface area contributed by atoms with Gasteiger partial charge in [-0.05, 0) is 35.9 Å². The van der Waals surface area contributed by atoms with E-state index in [2.05, 4.69) is 4.99 Å². The van der Waals surface area contributed by atoms with E-state index in [1.165, 1.54) is 36.5 Å². The van der Waals surface area contributed by atoms with Gasteiger partial charge in [-0.25, -0.2) is 9.18 Å². The highest BCUT2D eigenvalue weighted by Gasteiger charge is 2.09. The minimum Gasteiger partial charge on any atom is -0.507 e. The maximum Gasteiger partial charge on any atom is 0.339 e. The van der Waals surface area contributed by atoms with Crippen molar-refractivity contribution in [2.45, 2.75) is 0 Å². The van der Waals surface area contributed by atoms with E-state index in [4.69, 9.17) is 5.11 Å². The summed E-state index contributed by atoms with van der Waals surface area (Å²) in [4.78, 5) is 14.9. The summed E-state index contributed by atoms with van der Waals surface area (Å²) in [7, 11) is 0. The minimum atomic E-state index is -1.23. The van der Waals surface area contributed by atoms with Gasteiger partial charge in [0.25, 0.3) is 0 Å². The van der Waals surface area contributed by atoms with Crippen molar-refractivity contribution in [3.05, 3.63) is 59.4 Å². The third-order valence-corrected chi connectivity index (χ3v) is 2.44. The molecule has 0 spiro atoms. The first-order chi connectivity index (χ1) is 9.06. The second-order valence-corrected chi connectivity index (χ2v) is 3.82. The Morgan fingerprint density at radius 2 is 1.84 bits per heavy atom. The third-order valence-electron chi connectivity index (χ3n) is 2.44. The number of aromatic carboxylic acids is 1. The summed E-state index contributed by atoms with van der Waals surface area (Å²) in [5.74, 6) is -1.88. The molecule has 0 unspecified atom stereocenters. The highest BCUT2D eigenvalue weighted by Crippen LogP contribution is 2.23. The van der Waals surface area contributed by atoms with E-state index in [-0.39, 0.29) is 17.1 Å². The molecule has 5 heteroatoms. The van der Waals surface area contributed by atoms with Crippen molar-refractivity contribution in [3.63, 3.8) is 0 Å². The first-order valence-electron chi connectivity index (χ1n) is 5.42. The Kier molecular flexibility index (Phi) is 3.56. The van der Waals surface area contributed by atoms with Crippen LogP contribution in [0.2, 0.25) is 0 Å². The number of carboxylic acids is 1. The predicted octanol–water partition coefficient (Wildman–Crippen LogP) is 2.98. The zero-order valence-corrected chi connectivity index (χ0v) is 9.75. The number of rotatable bonds is 3. The van der Waals surface area contributed by atoms with E-state index in [9.17, 15) is 14.3 Å². The Balaban J connectivity index is 2.26. The van der Waals surface area contributed by atoms with E-state index < -0.39 is 5.97 Å². The Morgan fingerprint density at radius 3 is 2.47 bits per heavy atom. The van der Waals surface area contributed by atoms with Gasteiger partial charge in [0.1, 0.15) is 17.1 Å². The quantitative estimate of drug-likeness (QED) is 0.832. The number of benzene rings is 2. The fraction of sp³-hybridized carbons (Fsp3) is 0. The maximum atomic E-state index is 12.7. The topological polar surface area (TPSA) is 69.9 Å². The highest BCUT2D eigenvalue weighted by atomic mass is 19.1. The Labute approximate surface area is 108 Å². The molecule has 96 valence electrons. The van der Waals surface area contributed by atoms with Gasteiger partial charge in [-0.3, -0.25) is 4.99 Å². The molecular formula is C14H10FNO3. The summed E-state index contributed by atoms with van der Waals surface area (Å²) in [6.45, 7) is 0. The van der Waals surface area contributed by atoms with E-state index in [1.54, 1.807) is 12.1 Å². The number of halogens is 1. The SMILES string of the molecule is O=C(O)c1cc(N=Cc2ccc(F)cc2)ccc1O. The Hall–Kier alpha value is -2.69. The molecule has 0 saturated carbocycles. The molecule has 0 aromatic heterocycles. The van der Waals surface area contributed by atoms with E-state index in [0.29, 0.717) is 11.3 Å². The van der Waals surface area contributed by atoms with Gasteiger partial charge < -0.3 is 10.2 Å². The van der Waals surface area contributed by atoms with Crippen molar-refractivity contribution in [3.8, 4) is 5.75 Å². The molecule has 19 heavy (non-hydrogen) atoms. The van der Waals surface area contributed by atoms with Gasteiger partial charge in [0.15, 0.2) is 0 Å². The smallest absolute Gasteiger partial charge is 0.339 e. The lowest BCUT2D eigenvalue weighted by atomic mass is 10.2. The average Bonchev–Trinajstić information content (AvgIpc) is 2.39. The number of phenols is 1. The van der Waals surface area contributed by atoms with Gasteiger partial charge in [-0.2, -0.15) is 0 Å². The van der Waals surface area contributed by atoms with Gasteiger partial charge in [0, 0.05) is 6.21 Å². The van der Waals surface area contributed by atoms with Crippen LogP contribution in [0.4, 0.5) is 10.1 Å².